The van der Waals surface area contributed by atoms with Crippen molar-refractivity contribution in [1.29, 1.82) is 10.8 Å². The molecule has 0 unspecified atom stereocenters. The van der Waals surface area contributed by atoms with Crippen LogP contribution in [0.25, 0.3) is 0 Å². The van der Waals surface area contributed by atoms with Crippen LogP contribution >= 0.6 is 24.0 Å². The van der Waals surface area contributed by atoms with Crippen LogP contribution in [0.3, 0.4) is 0 Å². The van der Waals surface area contributed by atoms with Gasteiger partial charge in [-0.05, 0) is 30.3 Å². The van der Waals surface area contributed by atoms with Gasteiger partial charge >= 0.3 is 0 Å². The van der Waals surface area contributed by atoms with Crippen molar-refractivity contribution in [2.75, 3.05) is 5.32 Å². The van der Waals surface area contributed by atoms with Crippen LogP contribution in [0.1, 0.15) is 5.69 Å². The summed E-state index contributed by atoms with van der Waals surface area (Å²) < 4.78 is 1.19. The molecule has 0 bridgehead atoms. The highest BCUT2D eigenvalue weighted by Crippen LogP contribution is 2.14. The monoisotopic (exact) mass is 298 g/mol. The maximum atomic E-state index is 7.84. The number of aromatic nitrogens is 2. The van der Waals surface area contributed by atoms with E-state index in [-0.39, 0.29) is 24.2 Å². The van der Waals surface area contributed by atoms with Crippen LogP contribution in [0.15, 0.2) is 36.5 Å². The van der Waals surface area contributed by atoms with Crippen molar-refractivity contribution in [2.45, 2.75) is 0 Å². The number of halogens is 2. The van der Waals surface area contributed by atoms with Crippen LogP contribution in [0.4, 0.5) is 5.69 Å². The maximum Gasteiger partial charge on any atom is 0.213 e. The third kappa shape index (κ3) is 3.70. The van der Waals surface area contributed by atoms with Crippen molar-refractivity contribution in [3.05, 3.63) is 47.2 Å². The molecule has 5 N–H and O–H groups in total. The highest BCUT2D eigenvalue weighted by Gasteiger charge is 2.07. The Labute approximate surface area is 121 Å². The van der Waals surface area contributed by atoms with Gasteiger partial charge in [0.2, 0.25) is 5.96 Å². The van der Waals surface area contributed by atoms with Gasteiger partial charge < -0.3 is 11.1 Å². The smallest absolute Gasteiger partial charge is 0.213 e. The second-order valence-corrected chi connectivity index (χ2v) is 3.97. The summed E-state index contributed by atoms with van der Waals surface area (Å²) >= 11 is 5.77. The fraction of sp³-hybridized carbons (Fsp3) is 0. The Morgan fingerprint density at radius 2 is 1.84 bits per heavy atom. The van der Waals surface area contributed by atoms with Crippen LogP contribution in [0.2, 0.25) is 5.02 Å². The first kappa shape index (κ1) is 15.0. The first-order valence-corrected chi connectivity index (χ1v) is 5.45. The summed E-state index contributed by atoms with van der Waals surface area (Å²) in [6.07, 6.45) is 1.52. The number of hydrogen-bond donors (Lipinski definition) is 4. The molecule has 0 amide bonds. The van der Waals surface area contributed by atoms with Crippen molar-refractivity contribution in [2.24, 2.45) is 5.73 Å². The Morgan fingerprint density at radius 1 is 1.21 bits per heavy atom. The molecule has 8 heteroatoms. The van der Waals surface area contributed by atoms with Gasteiger partial charge in [0, 0.05) is 16.9 Å². The Morgan fingerprint density at radius 3 is 2.37 bits per heavy atom. The largest absolute Gasteiger partial charge is 0.368 e. The van der Waals surface area contributed by atoms with Crippen molar-refractivity contribution < 1.29 is 0 Å². The molecule has 1 aromatic carbocycles. The molecule has 0 radical (unpaired) electrons. The third-order valence-corrected chi connectivity index (χ3v) is 2.46. The molecular formula is C11H12Cl2N6. The summed E-state index contributed by atoms with van der Waals surface area (Å²) in [5.41, 5.74) is 6.42. The molecule has 0 spiro atoms. The zero-order valence-electron chi connectivity index (χ0n) is 9.72. The Balaban J connectivity index is 0.00000180. The molecule has 6 nitrogen and oxygen atoms in total. The Bertz CT molecular complexity index is 589. The molecule has 0 saturated heterocycles. The molecule has 2 aromatic rings. The minimum Gasteiger partial charge on any atom is -0.368 e. The Kier molecular flexibility index (Phi) is 4.91. The van der Waals surface area contributed by atoms with E-state index < -0.39 is 0 Å². The van der Waals surface area contributed by atoms with E-state index in [1.165, 1.54) is 10.9 Å². The quantitative estimate of drug-likeness (QED) is 0.504. The number of benzene rings is 1. The van der Waals surface area contributed by atoms with Gasteiger partial charge in [0.25, 0.3) is 0 Å². The summed E-state index contributed by atoms with van der Waals surface area (Å²) in [7, 11) is 0. The number of amidine groups is 1. The fourth-order valence-corrected chi connectivity index (χ4v) is 1.46. The maximum absolute atomic E-state index is 7.84. The van der Waals surface area contributed by atoms with Gasteiger partial charge in [-0.3, -0.25) is 10.8 Å². The number of anilines is 1. The van der Waals surface area contributed by atoms with Gasteiger partial charge in [0.15, 0.2) is 5.84 Å². The molecule has 1 aromatic heterocycles. The predicted molar refractivity (Wildman–Crippen MR) is 78.7 cm³/mol. The molecule has 0 saturated carbocycles. The molecule has 0 fully saturated rings. The van der Waals surface area contributed by atoms with Gasteiger partial charge in [-0.1, -0.05) is 11.6 Å². The van der Waals surface area contributed by atoms with Crippen LogP contribution in [0.5, 0.6) is 0 Å². The number of rotatable bonds is 2. The lowest BCUT2D eigenvalue weighted by Crippen LogP contribution is -2.22. The summed E-state index contributed by atoms with van der Waals surface area (Å²) in [5.74, 6) is -0.0714. The molecule has 0 aliphatic carbocycles. The minimum absolute atomic E-state index is 0. The highest BCUT2D eigenvalue weighted by atomic mass is 35.5. The second kappa shape index (κ2) is 6.21. The van der Waals surface area contributed by atoms with E-state index in [1.54, 1.807) is 30.3 Å². The van der Waals surface area contributed by atoms with Crippen LogP contribution < -0.4 is 11.1 Å². The molecule has 0 aliphatic rings. The SMILES string of the molecule is Cl.N=C(Nc1ccc(Cl)cc1)c1ccn(C(=N)N)n1. The molecule has 0 atom stereocenters. The topological polar surface area (TPSA) is 104 Å². The van der Waals surface area contributed by atoms with E-state index in [4.69, 9.17) is 28.2 Å². The van der Waals surface area contributed by atoms with E-state index in [1.807, 2.05) is 0 Å². The molecule has 1 heterocycles. The lowest BCUT2D eigenvalue weighted by atomic mass is 10.3. The van der Waals surface area contributed by atoms with Crippen LogP contribution in [-0.2, 0) is 0 Å². The standard InChI is InChI=1S/C11H11ClN6.ClH/c12-7-1-3-8(4-2-7)16-10(13)9-5-6-18(17-9)11(14)15;/h1-6H,(H2,13,16)(H3,14,15);1H. The fourth-order valence-electron chi connectivity index (χ4n) is 1.33. The molecule has 19 heavy (non-hydrogen) atoms. The van der Waals surface area contributed by atoms with Gasteiger partial charge in [-0.2, -0.15) is 5.10 Å². The van der Waals surface area contributed by atoms with Gasteiger partial charge in [0.1, 0.15) is 5.69 Å². The summed E-state index contributed by atoms with van der Waals surface area (Å²) in [4.78, 5) is 0. The van der Waals surface area contributed by atoms with E-state index in [0.29, 0.717) is 10.7 Å². The molecular weight excluding hydrogens is 287 g/mol. The van der Waals surface area contributed by atoms with E-state index >= 15 is 0 Å². The normalized spacial score (nSPS) is 9.53. The lowest BCUT2D eigenvalue weighted by Gasteiger charge is -2.05. The summed E-state index contributed by atoms with van der Waals surface area (Å²) in [5, 5.41) is 22.5. The Hall–Kier alpha value is -2.05. The van der Waals surface area contributed by atoms with E-state index in [2.05, 4.69) is 10.4 Å². The van der Waals surface area contributed by atoms with Crippen LogP contribution in [0, 0.1) is 10.8 Å². The lowest BCUT2D eigenvalue weighted by molar-refractivity contribution is 0.905. The molecule has 0 aliphatic heterocycles. The summed E-state index contributed by atoms with van der Waals surface area (Å²) in [6, 6.07) is 8.58. The van der Waals surface area contributed by atoms with E-state index in [9.17, 15) is 0 Å². The molecule has 2 rings (SSSR count). The van der Waals surface area contributed by atoms with Gasteiger partial charge in [-0.15, -0.1) is 12.4 Å². The first-order chi connectivity index (χ1) is 8.56. The van der Waals surface area contributed by atoms with Crippen LogP contribution in [-0.4, -0.2) is 21.6 Å². The predicted octanol–water partition coefficient (Wildman–Crippen LogP) is 2.14. The van der Waals surface area contributed by atoms with Crippen molar-refractivity contribution in [3.63, 3.8) is 0 Å². The van der Waals surface area contributed by atoms with Gasteiger partial charge in [0.05, 0.1) is 0 Å². The number of nitrogen functional groups attached to an aromatic ring is 1. The average Bonchev–Trinajstić information content (AvgIpc) is 2.81. The number of nitrogens with two attached hydrogens (primary N) is 1. The third-order valence-electron chi connectivity index (χ3n) is 2.21. The minimum atomic E-state index is -0.194. The zero-order valence-corrected chi connectivity index (χ0v) is 11.3. The number of nitrogens with zero attached hydrogens (tertiary/aromatic N) is 2. The number of nitrogens with one attached hydrogen (secondary N) is 3. The first-order valence-electron chi connectivity index (χ1n) is 5.08. The van der Waals surface area contributed by atoms with Gasteiger partial charge in [-0.25, -0.2) is 4.68 Å². The van der Waals surface area contributed by atoms with E-state index in [0.717, 1.165) is 5.69 Å². The zero-order chi connectivity index (χ0) is 13.1. The van der Waals surface area contributed by atoms with Crippen molar-refractivity contribution in [3.8, 4) is 0 Å². The van der Waals surface area contributed by atoms with Crippen molar-refractivity contribution in [1.82, 2.24) is 9.78 Å². The molecule has 100 valence electrons. The van der Waals surface area contributed by atoms with Crippen molar-refractivity contribution >= 4 is 41.5 Å². The highest BCUT2D eigenvalue weighted by molar-refractivity contribution is 6.30. The summed E-state index contributed by atoms with van der Waals surface area (Å²) in [6.45, 7) is 0. The average molecular weight is 299 g/mol. The second-order valence-electron chi connectivity index (χ2n) is 3.54. The number of hydrogen-bond acceptors (Lipinski definition) is 3.